The van der Waals surface area contributed by atoms with E-state index in [9.17, 15) is 0 Å². The molecule has 2 rings (SSSR count). The first-order chi connectivity index (χ1) is 8.20. The number of benzene rings is 1. The zero-order valence-electron chi connectivity index (χ0n) is 9.54. The van der Waals surface area contributed by atoms with Crippen LogP contribution in [0.1, 0.15) is 12.5 Å². The van der Waals surface area contributed by atoms with Gasteiger partial charge in [-0.1, -0.05) is 18.2 Å². The summed E-state index contributed by atoms with van der Waals surface area (Å²) in [5.74, 6) is 0.496. The van der Waals surface area contributed by atoms with Crippen LogP contribution in [0.4, 0.5) is 0 Å². The van der Waals surface area contributed by atoms with Gasteiger partial charge in [-0.05, 0) is 37.2 Å². The molecule has 86 valence electrons. The third-order valence-corrected chi connectivity index (χ3v) is 3.07. The van der Waals surface area contributed by atoms with Crippen LogP contribution in [-0.2, 0) is 0 Å². The smallest absolute Gasteiger partial charge is 0.278 e. The number of aromatic nitrogens is 2. The van der Waals surface area contributed by atoms with Crippen LogP contribution in [0.2, 0.25) is 0 Å². The van der Waals surface area contributed by atoms with Gasteiger partial charge in [0.2, 0.25) is 5.89 Å². The second-order valence-corrected chi connectivity index (χ2v) is 4.87. The molecule has 0 bridgehead atoms. The SMILES string of the molecule is Cc1ccccc1-c1nnc(S[C@H](C)C#N)o1. The van der Waals surface area contributed by atoms with E-state index in [0.717, 1.165) is 11.1 Å². The molecule has 1 aromatic heterocycles. The van der Waals surface area contributed by atoms with Crippen molar-refractivity contribution in [2.45, 2.75) is 24.3 Å². The number of rotatable bonds is 3. The Hall–Kier alpha value is -1.80. The first-order valence-electron chi connectivity index (χ1n) is 5.16. The fraction of sp³-hybridized carbons (Fsp3) is 0.250. The summed E-state index contributed by atoms with van der Waals surface area (Å²) in [6, 6.07) is 9.92. The normalized spacial score (nSPS) is 12.1. The monoisotopic (exact) mass is 245 g/mol. The van der Waals surface area contributed by atoms with Gasteiger partial charge in [0.1, 0.15) is 0 Å². The van der Waals surface area contributed by atoms with Crippen molar-refractivity contribution in [1.82, 2.24) is 10.2 Å². The highest BCUT2D eigenvalue weighted by Gasteiger charge is 2.13. The molecular weight excluding hydrogens is 234 g/mol. The third kappa shape index (κ3) is 2.66. The summed E-state index contributed by atoms with van der Waals surface area (Å²) in [5, 5.41) is 16.8. The predicted octanol–water partition coefficient (Wildman–Crippen LogP) is 3.05. The second kappa shape index (κ2) is 5.02. The molecular formula is C12H11N3OS. The number of hydrogen-bond donors (Lipinski definition) is 0. The molecule has 0 radical (unpaired) electrons. The van der Waals surface area contributed by atoms with Crippen molar-refractivity contribution < 1.29 is 4.42 Å². The number of nitriles is 1. The van der Waals surface area contributed by atoms with Crippen LogP contribution in [0.15, 0.2) is 33.9 Å². The maximum atomic E-state index is 8.70. The molecule has 0 saturated heterocycles. The van der Waals surface area contributed by atoms with Crippen molar-refractivity contribution in [2.75, 3.05) is 0 Å². The number of thioether (sulfide) groups is 1. The topological polar surface area (TPSA) is 62.7 Å². The van der Waals surface area contributed by atoms with E-state index in [0.29, 0.717) is 11.1 Å². The lowest BCUT2D eigenvalue weighted by Crippen LogP contribution is -1.88. The Balaban J connectivity index is 2.25. The zero-order valence-corrected chi connectivity index (χ0v) is 10.4. The average Bonchev–Trinajstić information content (AvgIpc) is 2.78. The molecule has 5 heteroatoms. The minimum atomic E-state index is -0.194. The van der Waals surface area contributed by atoms with E-state index in [1.165, 1.54) is 11.8 Å². The van der Waals surface area contributed by atoms with Gasteiger partial charge in [0.25, 0.3) is 5.22 Å². The molecule has 0 aliphatic heterocycles. The summed E-state index contributed by atoms with van der Waals surface area (Å²) in [7, 11) is 0. The van der Waals surface area contributed by atoms with Crippen molar-refractivity contribution in [3.63, 3.8) is 0 Å². The Morgan fingerprint density at radius 3 is 2.82 bits per heavy atom. The minimum absolute atomic E-state index is 0.194. The van der Waals surface area contributed by atoms with E-state index >= 15 is 0 Å². The molecule has 2 aromatic rings. The highest BCUT2D eigenvalue weighted by Crippen LogP contribution is 2.27. The molecule has 0 aliphatic rings. The lowest BCUT2D eigenvalue weighted by Gasteiger charge is -1.98. The largest absolute Gasteiger partial charge is 0.411 e. The molecule has 0 N–H and O–H groups in total. The molecule has 0 fully saturated rings. The first-order valence-corrected chi connectivity index (χ1v) is 6.04. The Labute approximate surface area is 104 Å². The molecule has 0 spiro atoms. The summed E-state index contributed by atoms with van der Waals surface area (Å²) in [5.41, 5.74) is 2.01. The van der Waals surface area contributed by atoms with E-state index in [2.05, 4.69) is 16.3 Å². The maximum absolute atomic E-state index is 8.70. The molecule has 0 saturated carbocycles. The van der Waals surface area contributed by atoms with E-state index in [-0.39, 0.29) is 5.25 Å². The fourth-order valence-corrected chi connectivity index (χ4v) is 1.93. The molecule has 1 aromatic carbocycles. The maximum Gasteiger partial charge on any atom is 0.278 e. The van der Waals surface area contributed by atoms with Crippen LogP contribution >= 0.6 is 11.8 Å². The summed E-state index contributed by atoms with van der Waals surface area (Å²) in [4.78, 5) is 0. The van der Waals surface area contributed by atoms with Gasteiger partial charge >= 0.3 is 0 Å². The van der Waals surface area contributed by atoms with Crippen molar-refractivity contribution in [3.05, 3.63) is 29.8 Å². The molecule has 17 heavy (non-hydrogen) atoms. The summed E-state index contributed by atoms with van der Waals surface area (Å²) < 4.78 is 5.51. The van der Waals surface area contributed by atoms with Gasteiger partial charge in [-0.25, -0.2) is 0 Å². The summed E-state index contributed by atoms with van der Waals surface area (Å²) in [6.45, 7) is 3.78. The van der Waals surface area contributed by atoms with Crippen molar-refractivity contribution in [2.24, 2.45) is 0 Å². The van der Waals surface area contributed by atoms with Gasteiger partial charge in [-0.2, -0.15) is 5.26 Å². The van der Waals surface area contributed by atoms with Crippen LogP contribution < -0.4 is 0 Å². The first kappa shape index (κ1) is 11.7. The highest BCUT2D eigenvalue weighted by atomic mass is 32.2. The van der Waals surface area contributed by atoms with E-state index in [4.69, 9.17) is 9.68 Å². The van der Waals surface area contributed by atoms with E-state index in [1.807, 2.05) is 31.2 Å². The van der Waals surface area contributed by atoms with Gasteiger partial charge in [-0.3, -0.25) is 0 Å². The summed E-state index contributed by atoms with van der Waals surface area (Å²) in [6.07, 6.45) is 0. The van der Waals surface area contributed by atoms with Gasteiger partial charge in [0, 0.05) is 5.56 Å². The Morgan fingerprint density at radius 1 is 1.35 bits per heavy atom. The zero-order chi connectivity index (χ0) is 12.3. The van der Waals surface area contributed by atoms with Gasteiger partial charge in [0.05, 0.1) is 11.3 Å². The number of hydrogen-bond acceptors (Lipinski definition) is 5. The molecule has 1 heterocycles. The lowest BCUT2D eigenvalue weighted by molar-refractivity contribution is 0.465. The minimum Gasteiger partial charge on any atom is -0.411 e. The third-order valence-electron chi connectivity index (χ3n) is 2.24. The number of nitrogens with zero attached hydrogens (tertiary/aromatic N) is 3. The van der Waals surface area contributed by atoms with Gasteiger partial charge < -0.3 is 4.42 Å². The highest BCUT2D eigenvalue weighted by molar-refractivity contribution is 7.99. The van der Waals surface area contributed by atoms with Crippen LogP contribution in [-0.4, -0.2) is 15.4 Å². The fourth-order valence-electron chi connectivity index (χ4n) is 1.36. The van der Waals surface area contributed by atoms with Gasteiger partial charge in [-0.15, -0.1) is 10.2 Å². The van der Waals surface area contributed by atoms with Crippen molar-refractivity contribution >= 4 is 11.8 Å². The van der Waals surface area contributed by atoms with Crippen molar-refractivity contribution in [3.8, 4) is 17.5 Å². The van der Waals surface area contributed by atoms with E-state index < -0.39 is 0 Å². The molecule has 1 atom stereocenters. The quantitative estimate of drug-likeness (QED) is 0.778. The lowest BCUT2D eigenvalue weighted by atomic mass is 10.1. The van der Waals surface area contributed by atoms with Gasteiger partial charge in [0.15, 0.2) is 0 Å². The summed E-state index contributed by atoms with van der Waals surface area (Å²) >= 11 is 1.26. The molecule has 0 unspecified atom stereocenters. The molecule has 4 nitrogen and oxygen atoms in total. The Morgan fingerprint density at radius 2 is 2.12 bits per heavy atom. The van der Waals surface area contributed by atoms with Crippen LogP contribution in [0.3, 0.4) is 0 Å². The van der Waals surface area contributed by atoms with Crippen LogP contribution in [0.5, 0.6) is 0 Å². The second-order valence-electron chi connectivity index (χ2n) is 3.58. The number of aryl methyl sites for hydroxylation is 1. The predicted molar refractivity (Wildman–Crippen MR) is 65.4 cm³/mol. The van der Waals surface area contributed by atoms with Crippen LogP contribution in [0, 0.1) is 18.3 Å². The molecule has 0 aliphatic carbocycles. The van der Waals surface area contributed by atoms with Crippen molar-refractivity contribution in [1.29, 1.82) is 5.26 Å². The average molecular weight is 245 g/mol. The van der Waals surface area contributed by atoms with E-state index in [1.54, 1.807) is 6.92 Å². The Bertz CT molecular complexity index is 559. The Kier molecular flexibility index (Phi) is 3.45. The molecule has 0 amide bonds. The standard InChI is InChI=1S/C12H11N3OS/c1-8-5-3-4-6-10(8)11-14-15-12(16-11)17-9(2)7-13/h3-6,9H,1-2H3/t9-/m1/s1. The van der Waals surface area contributed by atoms with Crippen LogP contribution in [0.25, 0.3) is 11.5 Å².